The summed E-state index contributed by atoms with van der Waals surface area (Å²) in [7, 11) is 0. The highest BCUT2D eigenvalue weighted by atomic mass is 32.1. The van der Waals surface area contributed by atoms with Gasteiger partial charge in [0.05, 0.1) is 18.2 Å². The zero-order valence-corrected chi connectivity index (χ0v) is 14.2. The molecule has 3 heterocycles. The van der Waals surface area contributed by atoms with Gasteiger partial charge in [0.15, 0.2) is 0 Å². The number of rotatable bonds is 5. The van der Waals surface area contributed by atoms with Gasteiger partial charge in [-0.15, -0.1) is 11.3 Å². The van der Waals surface area contributed by atoms with Crippen LogP contribution in [0.1, 0.15) is 42.6 Å². The molecule has 3 aliphatic rings. The number of fused-ring (bicyclic) bond motifs is 1. The largest absolute Gasteiger partial charge is 0.380 e. The molecule has 3 fully saturated rings. The smallest absolute Gasteiger partial charge is 0.273 e. The van der Waals surface area contributed by atoms with Gasteiger partial charge in [0.1, 0.15) is 5.69 Å². The maximum Gasteiger partial charge on any atom is 0.273 e. The molecule has 1 saturated carbocycles. The molecular weight excluding hydrogens is 312 g/mol. The molecule has 1 amide bonds. The first-order valence-electron chi connectivity index (χ1n) is 8.64. The molecule has 5 nitrogen and oxygen atoms in total. The van der Waals surface area contributed by atoms with Crippen molar-refractivity contribution in [2.24, 2.45) is 11.3 Å². The molecule has 126 valence electrons. The van der Waals surface area contributed by atoms with Gasteiger partial charge in [0.2, 0.25) is 0 Å². The van der Waals surface area contributed by atoms with E-state index in [2.05, 4.69) is 4.98 Å². The van der Waals surface area contributed by atoms with Crippen molar-refractivity contribution < 1.29 is 14.3 Å². The van der Waals surface area contributed by atoms with Gasteiger partial charge >= 0.3 is 0 Å². The maximum absolute atomic E-state index is 12.7. The SMILES string of the molecule is O=C(c1cscn1)N1CC[C@@H]2OCCC[C@@]2(COCC2CC2)C1. The van der Waals surface area contributed by atoms with E-state index in [1.54, 1.807) is 5.51 Å². The van der Waals surface area contributed by atoms with Crippen LogP contribution in [0.4, 0.5) is 0 Å². The highest BCUT2D eigenvalue weighted by Gasteiger charge is 2.47. The summed E-state index contributed by atoms with van der Waals surface area (Å²) in [6, 6.07) is 0. The number of ether oxygens (including phenoxy) is 2. The minimum Gasteiger partial charge on any atom is -0.380 e. The van der Waals surface area contributed by atoms with E-state index in [0.717, 1.165) is 58.1 Å². The lowest BCUT2D eigenvalue weighted by molar-refractivity contribution is -0.147. The summed E-state index contributed by atoms with van der Waals surface area (Å²) in [6.07, 6.45) is 5.89. The average molecular weight is 336 g/mol. The Morgan fingerprint density at radius 3 is 3.17 bits per heavy atom. The molecule has 23 heavy (non-hydrogen) atoms. The summed E-state index contributed by atoms with van der Waals surface area (Å²) in [4.78, 5) is 18.8. The van der Waals surface area contributed by atoms with Crippen molar-refractivity contribution in [2.75, 3.05) is 32.9 Å². The number of hydrogen-bond donors (Lipinski definition) is 0. The van der Waals surface area contributed by atoms with Crippen LogP contribution in [0.25, 0.3) is 0 Å². The average Bonchev–Trinajstić information content (AvgIpc) is 3.24. The summed E-state index contributed by atoms with van der Waals surface area (Å²) < 4.78 is 12.1. The van der Waals surface area contributed by atoms with E-state index in [1.807, 2.05) is 10.3 Å². The van der Waals surface area contributed by atoms with Gasteiger partial charge < -0.3 is 14.4 Å². The van der Waals surface area contributed by atoms with Crippen LogP contribution >= 0.6 is 11.3 Å². The van der Waals surface area contributed by atoms with Crippen LogP contribution in [-0.4, -0.2) is 54.8 Å². The molecule has 1 aromatic rings. The van der Waals surface area contributed by atoms with E-state index in [1.165, 1.54) is 24.2 Å². The number of hydrogen-bond acceptors (Lipinski definition) is 5. The lowest BCUT2D eigenvalue weighted by Gasteiger charge is -2.50. The third kappa shape index (κ3) is 3.30. The quantitative estimate of drug-likeness (QED) is 0.829. The number of carbonyl (C=O) groups excluding carboxylic acids is 1. The number of nitrogens with zero attached hydrogens (tertiary/aromatic N) is 2. The zero-order valence-electron chi connectivity index (χ0n) is 13.4. The fourth-order valence-corrected chi connectivity index (χ4v) is 4.39. The lowest BCUT2D eigenvalue weighted by atomic mass is 9.73. The predicted octanol–water partition coefficient (Wildman–Crippen LogP) is 2.58. The number of amides is 1. The van der Waals surface area contributed by atoms with Crippen molar-refractivity contribution >= 4 is 17.2 Å². The second-order valence-electron chi connectivity index (χ2n) is 7.17. The van der Waals surface area contributed by atoms with Crippen molar-refractivity contribution in [1.29, 1.82) is 0 Å². The number of piperidine rings is 1. The Labute approximate surface area is 141 Å². The minimum atomic E-state index is -0.0307. The van der Waals surface area contributed by atoms with Gasteiger partial charge in [0, 0.05) is 37.1 Å². The molecular formula is C17H24N2O3S. The molecule has 2 aliphatic heterocycles. The second kappa shape index (κ2) is 6.49. The highest BCUT2D eigenvalue weighted by Crippen LogP contribution is 2.41. The molecule has 2 atom stereocenters. The lowest BCUT2D eigenvalue weighted by Crippen LogP contribution is -2.58. The predicted molar refractivity (Wildman–Crippen MR) is 87.6 cm³/mol. The van der Waals surface area contributed by atoms with Crippen LogP contribution in [0.2, 0.25) is 0 Å². The molecule has 0 unspecified atom stereocenters. The third-order valence-electron chi connectivity index (χ3n) is 5.37. The Kier molecular flexibility index (Phi) is 4.39. The Balaban J connectivity index is 1.46. The summed E-state index contributed by atoms with van der Waals surface area (Å²) in [5.74, 6) is 0.822. The van der Waals surface area contributed by atoms with Crippen LogP contribution in [0.3, 0.4) is 0 Å². The molecule has 6 heteroatoms. The van der Waals surface area contributed by atoms with Crippen molar-refractivity contribution in [3.63, 3.8) is 0 Å². The number of likely N-dealkylation sites (tertiary alicyclic amines) is 1. The Hall–Kier alpha value is -0.980. The van der Waals surface area contributed by atoms with Gasteiger partial charge in [0.25, 0.3) is 5.91 Å². The molecule has 2 saturated heterocycles. The highest BCUT2D eigenvalue weighted by molar-refractivity contribution is 7.07. The standard InChI is InChI=1S/C17H24N2O3S/c20-16(14-9-23-12-18-14)19-6-4-15-17(10-19,5-1-7-22-15)11-21-8-13-2-3-13/h9,12-13,15H,1-8,10-11H2/t15-,17-/m0/s1. The van der Waals surface area contributed by atoms with Crippen LogP contribution in [0.5, 0.6) is 0 Å². The number of thiazole rings is 1. The summed E-state index contributed by atoms with van der Waals surface area (Å²) >= 11 is 1.47. The Morgan fingerprint density at radius 1 is 1.48 bits per heavy atom. The molecule has 0 bridgehead atoms. The van der Waals surface area contributed by atoms with E-state index in [9.17, 15) is 4.79 Å². The van der Waals surface area contributed by atoms with Gasteiger partial charge in [-0.25, -0.2) is 4.98 Å². The first-order chi connectivity index (χ1) is 11.3. The van der Waals surface area contributed by atoms with Crippen LogP contribution in [0, 0.1) is 11.3 Å². The summed E-state index contributed by atoms with van der Waals surface area (Å²) in [5.41, 5.74) is 2.26. The molecule has 1 aliphatic carbocycles. The first-order valence-corrected chi connectivity index (χ1v) is 9.58. The Morgan fingerprint density at radius 2 is 2.39 bits per heavy atom. The van der Waals surface area contributed by atoms with Crippen molar-refractivity contribution in [3.8, 4) is 0 Å². The number of carbonyl (C=O) groups is 1. The van der Waals surface area contributed by atoms with Gasteiger partial charge in [-0.3, -0.25) is 4.79 Å². The molecule has 0 radical (unpaired) electrons. The van der Waals surface area contributed by atoms with Crippen LogP contribution in [-0.2, 0) is 9.47 Å². The monoisotopic (exact) mass is 336 g/mol. The van der Waals surface area contributed by atoms with Crippen molar-refractivity contribution in [2.45, 2.75) is 38.2 Å². The minimum absolute atomic E-state index is 0.0307. The topological polar surface area (TPSA) is 51.7 Å². The van der Waals surface area contributed by atoms with E-state index >= 15 is 0 Å². The maximum atomic E-state index is 12.7. The summed E-state index contributed by atoms with van der Waals surface area (Å²) in [6.45, 7) is 3.92. The Bertz CT molecular complexity index is 546. The molecule has 4 rings (SSSR count). The van der Waals surface area contributed by atoms with Crippen LogP contribution in [0.15, 0.2) is 10.9 Å². The molecule has 0 spiro atoms. The fraction of sp³-hybridized carbons (Fsp3) is 0.765. The van der Waals surface area contributed by atoms with Gasteiger partial charge in [-0.05, 0) is 38.0 Å². The van der Waals surface area contributed by atoms with Crippen LogP contribution < -0.4 is 0 Å². The van der Waals surface area contributed by atoms with E-state index in [0.29, 0.717) is 5.69 Å². The molecule has 0 N–H and O–H groups in total. The molecule has 1 aromatic heterocycles. The molecule has 0 aromatic carbocycles. The second-order valence-corrected chi connectivity index (χ2v) is 7.89. The third-order valence-corrected chi connectivity index (χ3v) is 5.95. The normalized spacial score (nSPS) is 31.0. The first kappa shape index (κ1) is 15.5. The number of aromatic nitrogens is 1. The van der Waals surface area contributed by atoms with Crippen molar-refractivity contribution in [3.05, 3.63) is 16.6 Å². The van der Waals surface area contributed by atoms with E-state index in [-0.39, 0.29) is 17.4 Å². The van der Waals surface area contributed by atoms with E-state index in [4.69, 9.17) is 9.47 Å². The van der Waals surface area contributed by atoms with Crippen molar-refractivity contribution in [1.82, 2.24) is 9.88 Å². The van der Waals surface area contributed by atoms with Gasteiger partial charge in [-0.1, -0.05) is 0 Å². The van der Waals surface area contributed by atoms with E-state index < -0.39 is 0 Å². The fourth-order valence-electron chi connectivity index (χ4n) is 3.87. The zero-order chi connectivity index (χ0) is 15.7. The van der Waals surface area contributed by atoms with Gasteiger partial charge in [-0.2, -0.15) is 0 Å². The summed E-state index contributed by atoms with van der Waals surface area (Å²) in [5, 5.41) is 1.84.